The summed E-state index contributed by atoms with van der Waals surface area (Å²) in [4.78, 5) is 2.53. The lowest BCUT2D eigenvalue weighted by Gasteiger charge is -2.38. The summed E-state index contributed by atoms with van der Waals surface area (Å²) < 4.78 is 5.09. The van der Waals surface area contributed by atoms with Crippen LogP contribution in [0.4, 0.5) is 0 Å². The van der Waals surface area contributed by atoms with Crippen LogP contribution < -0.4 is 5.32 Å². The molecule has 0 aromatic carbocycles. The van der Waals surface area contributed by atoms with E-state index in [9.17, 15) is 5.11 Å². The van der Waals surface area contributed by atoms with E-state index in [-0.39, 0.29) is 12.6 Å². The zero-order chi connectivity index (χ0) is 11.5. The molecule has 2 N–H and O–H groups in total. The molecule has 2 aliphatic heterocycles. The number of methoxy groups -OCH3 is 1. The number of aliphatic hydroxyl groups excluding tert-OH is 1. The Hall–Kier alpha value is -0.160. The first kappa shape index (κ1) is 12.3. The van der Waals surface area contributed by atoms with Crippen molar-refractivity contribution in [3.63, 3.8) is 0 Å². The second-order valence-corrected chi connectivity index (χ2v) is 5.22. The van der Waals surface area contributed by atoms with Crippen molar-refractivity contribution < 1.29 is 9.84 Å². The molecule has 4 heteroatoms. The van der Waals surface area contributed by atoms with Crippen LogP contribution in [0.1, 0.15) is 25.7 Å². The lowest BCUT2D eigenvalue weighted by molar-refractivity contribution is 0.0966. The number of fused-ring (bicyclic) bond motifs is 2. The van der Waals surface area contributed by atoms with Crippen LogP contribution in [-0.2, 0) is 4.74 Å². The predicted octanol–water partition coefficient (Wildman–Crippen LogP) is 0.209. The van der Waals surface area contributed by atoms with E-state index in [1.807, 2.05) is 0 Å². The van der Waals surface area contributed by atoms with E-state index in [1.165, 1.54) is 25.7 Å². The van der Waals surface area contributed by atoms with Gasteiger partial charge in [0.2, 0.25) is 0 Å². The molecule has 3 unspecified atom stereocenters. The van der Waals surface area contributed by atoms with Crippen molar-refractivity contribution in [3.8, 4) is 0 Å². The Morgan fingerprint density at radius 1 is 1.38 bits per heavy atom. The highest BCUT2D eigenvalue weighted by molar-refractivity contribution is 4.96. The predicted molar refractivity (Wildman–Crippen MR) is 63.5 cm³/mol. The van der Waals surface area contributed by atoms with Crippen molar-refractivity contribution in [2.24, 2.45) is 0 Å². The third kappa shape index (κ3) is 2.56. The van der Waals surface area contributed by atoms with Crippen LogP contribution in [-0.4, -0.2) is 61.5 Å². The average Bonchev–Trinajstić information content (AvgIpc) is 2.53. The monoisotopic (exact) mass is 228 g/mol. The van der Waals surface area contributed by atoms with Crippen LogP contribution in [0.2, 0.25) is 0 Å². The molecule has 94 valence electrons. The van der Waals surface area contributed by atoms with Gasteiger partial charge in [-0.05, 0) is 32.7 Å². The van der Waals surface area contributed by atoms with E-state index in [2.05, 4.69) is 17.3 Å². The third-order valence-electron chi connectivity index (χ3n) is 4.16. The molecule has 16 heavy (non-hydrogen) atoms. The second kappa shape index (κ2) is 5.45. The van der Waals surface area contributed by atoms with Gasteiger partial charge in [0.15, 0.2) is 0 Å². The zero-order valence-electron chi connectivity index (χ0n) is 10.4. The Morgan fingerprint density at radius 2 is 2.00 bits per heavy atom. The summed E-state index contributed by atoms with van der Waals surface area (Å²) in [5.41, 5.74) is 0. The molecular weight excluding hydrogens is 204 g/mol. The summed E-state index contributed by atoms with van der Waals surface area (Å²) in [6.45, 7) is 0.758. The Labute approximate surface area is 98.0 Å². The van der Waals surface area contributed by atoms with Crippen LogP contribution in [0, 0.1) is 0 Å². The first-order valence-electron chi connectivity index (χ1n) is 6.32. The summed E-state index contributed by atoms with van der Waals surface area (Å²) in [5.74, 6) is 0. The summed E-state index contributed by atoms with van der Waals surface area (Å²) in [6.07, 6.45) is 5.11. The van der Waals surface area contributed by atoms with E-state index in [0.717, 1.165) is 12.1 Å². The van der Waals surface area contributed by atoms with Gasteiger partial charge in [0.1, 0.15) is 0 Å². The lowest BCUT2D eigenvalue weighted by Crippen LogP contribution is -2.51. The van der Waals surface area contributed by atoms with E-state index < -0.39 is 0 Å². The van der Waals surface area contributed by atoms with Gasteiger partial charge in [0.05, 0.1) is 19.3 Å². The van der Waals surface area contributed by atoms with Crippen molar-refractivity contribution in [3.05, 3.63) is 0 Å². The molecule has 2 aliphatic rings. The minimum atomic E-state index is 0.0952. The van der Waals surface area contributed by atoms with E-state index in [4.69, 9.17) is 4.74 Å². The molecule has 0 saturated carbocycles. The molecule has 0 radical (unpaired) electrons. The largest absolute Gasteiger partial charge is 0.395 e. The van der Waals surface area contributed by atoms with E-state index >= 15 is 0 Å². The molecule has 0 amide bonds. The van der Waals surface area contributed by atoms with Gasteiger partial charge in [-0.3, -0.25) is 0 Å². The Balaban J connectivity index is 1.83. The van der Waals surface area contributed by atoms with Gasteiger partial charge in [-0.2, -0.15) is 0 Å². The number of nitrogens with zero attached hydrogens (tertiary/aromatic N) is 1. The van der Waals surface area contributed by atoms with Gasteiger partial charge in [0.25, 0.3) is 0 Å². The van der Waals surface area contributed by atoms with E-state index in [1.54, 1.807) is 7.11 Å². The van der Waals surface area contributed by atoms with Crippen LogP contribution in [0.15, 0.2) is 0 Å². The van der Waals surface area contributed by atoms with Gasteiger partial charge in [0, 0.05) is 25.2 Å². The number of nitrogens with one attached hydrogen (secondary N) is 1. The highest BCUT2D eigenvalue weighted by Gasteiger charge is 2.38. The van der Waals surface area contributed by atoms with Gasteiger partial charge in [-0.1, -0.05) is 0 Å². The van der Waals surface area contributed by atoms with Crippen molar-refractivity contribution in [2.75, 3.05) is 27.4 Å². The molecule has 2 heterocycles. The maximum atomic E-state index is 9.23. The highest BCUT2D eigenvalue weighted by atomic mass is 16.5. The van der Waals surface area contributed by atoms with Crippen molar-refractivity contribution in [2.45, 2.75) is 49.9 Å². The van der Waals surface area contributed by atoms with Crippen molar-refractivity contribution in [1.29, 1.82) is 0 Å². The number of hydrogen-bond acceptors (Lipinski definition) is 4. The molecular formula is C12H24N2O2. The maximum Gasteiger partial charge on any atom is 0.0638 e. The quantitative estimate of drug-likeness (QED) is 0.706. The second-order valence-electron chi connectivity index (χ2n) is 5.22. The first-order valence-corrected chi connectivity index (χ1v) is 6.32. The minimum Gasteiger partial charge on any atom is -0.395 e. The summed E-state index contributed by atoms with van der Waals surface area (Å²) in [5, 5.41) is 12.8. The SMILES string of the molecule is COCC(CO)NC1CC2CCC(C1)N2C. The molecule has 0 aromatic rings. The standard InChI is InChI=1S/C12H24N2O2/c1-14-11-3-4-12(14)6-9(5-11)13-10(7-15)8-16-2/h9-13,15H,3-8H2,1-2H3. The fourth-order valence-electron chi connectivity index (χ4n) is 3.24. The van der Waals surface area contributed by atoms with Crippen LogP contribution >= 0.6 is 0 Å². The Bertz CT molecular complexity index is 211. The van der Waals surface area contributed by atoms with Crippen LogP contribution in [0.3, 0.4) is 0 Å². The van der Waals surface area contributed by atoms with Crippen molar-refractivity contribution in [1.82, 2.24) is 10.2 Å². The van der Waals surface area contributed by atoms with Gasteiger partial charge in [-0.15, -0.1) is 0 Å². The maximum absolute atomic E-state index is 9.23. The Morgan fingerprint density at radius 3 is 2.50 bits per heavy atom. The molecule has 0 spiro atoms. The number of rotatable bonds is 5. The smallest absolute Gasteiger partial charge is 0.0638 e. The summed E-state index contributed by atoms with van der Waals surface area (Å²) in [6, 6.07) is 2.15. The van der Waals surface area contributed by atoms with Gasteiger partial charge >= 0.3 is 0 Å². The first-order chi connectivity index (χ1) is 7.74. The Kier molecular flexibility index (Phi) is 4.19. The van der Waals surface area contributed by atoms with Gasteiger partial charge < -0.3 is 20.1 Å². The fraction of sp³-hybridized carbons (Fsp3) is 1.00. The normalized spacial score (nSPS) is 36.6. The highest BCUT2D eigenvalue weighted by Crippen LogP contribution is 2.34. The molecule has 2 saturated heterocycles. The molecule has 2 rings (SSSR count). The summed E-state index contributed by atoms with van der Waals surface area (Å²) >= 11 is 0. The zero-order valence-corrected chi connectivity index (χ0v) is 10.4. The minimum absolute atomic E-state index is 0.0952. The number of ether oxygens (including phenoxy) is 1. The molecule has 2 fully saturated rings. The van der Waals surface area contributed by atoms with Crippen molar-refractivity contribution >= 4 is 0 Å². The molecule has 2 bridgehead atoms. The molecule has 4 nitrogen and oxygen atoms in total. The topological polar surface area (TPSA) is 44.7 Å². The number of aliphatic hydroxyl groups is 1. The number of piperidine rings is 1. The van der Waals surface area contributed by atoms with E-state index in [0.29, 0.717) is 12.6 Å². The van der Waals surface area contributed by atoms with Gasteiger partial charge in [-0.25, -0.2) is 0 Å². The fourth-order valence-corrected chi connectivity index (χ4v) is 3.24. The molecule has 3 atom stereocenters. The summed E-state index contributed by atoms with van der Waals surface area (Å²) in [7, 11) is 3.93. The molecule has 0 aromatic heterocycles. The van der Waals surface area contributed by atoms with Crippen LogP contribution in [0.5, 0.6) is 0 Å². The molecule has 0 aliphatic carbocycles. The average molecular weight is 228 g/mol. The third-order valence-corrected chi connectivity index (χ3v) is 4.16. The number of hydrogen-bond donors (Lipinski definition) is 2. The lowest BCUT2D eigenvalue weighted by atomic mass is 9.97. The van der Waals surface area contributed by atoms with Crippen LogP contribution in [0.25, 0.3) is 0 Å².